The highest BCUT2D eigenvalue weighted by molar-refractivity contribution is 6.30. The van der Waals surface area contributed by atoms with E-state index in [1.54, 1.807) is 27.8 Å². The van der Waals surface area contributed by atoms with Crippen LogP contribution in [0.25, 0.3) is 0 Å². The Hall–Kier alpha value is -4.04. The highest BCUT2D eigenvalue weighted by Gasteiger charge is 2.40. The average molecular weight is 460 g/mol. The van der Waals surface area contributed by atoms with E-state index in [-0.39, 0.29) is 29.2 Å². The van der Waals surface area contributed by atoms with Crippen LogP contribution in [0.3, 0.4) is 0 Å². The van der Waals surface area contributed by atoms with Crippen molar-refractivity contribution in [3.8, 4) is 0 Å². The number of nitro benzene ring substituents is 1. The van der Waals surface area contributed by atoms with Gasteiger partial charge in [-0.05, 0) is 35.7 Å². The molecule has 0 N–H and O–H groups in total. The van der Waals surface area contributed by atoms with Gasteiger partial charge in [-0.15, -0.1) is 0 Å². The van der Waals surface area contributed by atoms with Crippen LogP contribution in [0.5, 0.6) is 0 Å². The molecule has 0 unspecified atom stereocenters. The Morgan fingerprint density at radius 1 is 0.970 bits per heavy atom. The SMILES string of the molecule is O=C(c1cccc([N+](=O)[O-])c1)N1c2ncnn2[C@H](c2ccccc2)C[C@H]1c1ccc(Cl)cc1. The minimum atomic E-state index is -0.516. The molecule has 0 fully saturated rings. The van der Waals surface area contributed by atoms with Gasteiger partial charge in [-0.2, -0.15) is 10.1 Å². The van der Waals surface area contributed by atoms with E-state index in [4.69, 9.17) is 11.6 Å². The molecule has 0 aliphatic carbocycles. The van der Waals surface area contributed by atoms with Crippen LogP contribution in [-0.4, -0.2) is 25.6 Å². The van der Waals surface area contributed by atoms with Gasteiger partial charge in [0.15, 0.2) is 0 Å². The summed E-state index contributed by atoms with van der Waals surface area (Å²) in [6.07, 6.45) is 1.96. The predicted octanol–water partition coefficient (Wildman–Crippen LogP) is 5.22. The molecule has 1 aliphatic heterocycles. The van der Waals surface area contributed by atoms with Crippen LogP contribution in [0.1, 0.15) is 40.0 Å². The zero-order chi connectivity index (χ0) is 22.9. The monoisotopic (exact) mass is 459 g/mol. The summed E-state index contributed by atoms with van der Waals surface area (Å²) in [5.41, 5.74) is 1.99. The van der Waals surface area contributed by atoms with Gasteiger partial charge >= 0.3 is 0 Å². The second-order valence-corrected chi connectivity index (χ2v) is 8.15. The first-order valence-corrected chi connectivity index (χ1v) is 10.7. The molecule has 4 aromatic rings. The number of nitrogens with zero attached hydrogens (tertiary/aromatic N) is 5. The fourth-order valence-electron chi connectivity index (χ4n) is 4.24. The third kappa shape index (κ3) is 3.85. The van der Waals surface area contributed by atoms with Crippen LogP contribution in [0, 0.1) is 10.1 Å². The number of halogens is 1. The lowest BCUT2D eigenvalue weighted by atomic mass is 9.91. The van der Waals surface area contributed by atoms with E-state index >= 15 is 0 Å². The molecule has 164 valence electrons. The summed E-state index contributed by atoms with van der Waals surface area (Å²) in [7, 11) is 0. The topological polar surface area (TPSA) is 94.2 Å². The highest BCUT2D eigenvalue weighted by Crippen LogP contribution is 2.42. The molecule has 33 heavy (non-hydrogen) atoms. The maximum Gasteiger partial charge on any atom is 0.270 e. The van der Waals surface area contributed by atoms with E-state index in [0.29, 0.717) is 17.4 Å². The van der Waals surface area contributed by atoms with Gasteiger partial charge in [0.2, 0.25) is 5.95 Å². The van der Waals surface area contributed by atoms with Crippen LogP contribution in [0.2, 0.25) is 5.02 Å². The second kappa shape index (κ2) is 8.48. The van der Waals surface area contributed by atoms with Gasteiger partial charge in [-0.1, -0.05) is 60.1 Å². The third-order valence-corrected chi connectivity index (χ3v) is 6.04. The van der Waals surface area contributed by atoms with Gasteiger partial charge in [-0.25, -0.2) is 4.68 Å². The Morgan fingerprint density at radius 2 is 1.70 bits per heavy atom. The predicted molar refractivity (Wildman–Crippen MR) is 123 cm³/mol. The molecule has 0 spiro atoms. The van der Waals surface area contributed by atoms with Crippen LogP contribution >= 0.6 is 11.6 Å². The molecule has 5 rings (SSSR count). The van der Waals surface area contributed by atoms with E-state index < -0.39 is 4.92 Å². The minimum Gasteiger partial charge on any atom is -0.269 e. The molecule has 0 radical (unpaired) electrons. The van der Waals surface area contributed by atoms with Crippen molar-refractivity contribution in [3.05, 3.63) is 117 Å². The minimum absolute atomic E-state index is 0.140. The quantitative estimate of drug-likeness (QED) is 0.308. The summed E-state index contributed by atoms with van der Waals surface area (Å²) in [5, 5.41) is 16.3. The lowest BCUT2D eigenvalue weighted by Gasteiger charge is -2.39. The number of non-ortho nitro benzene ring substituents is 1. The number of anilines is 1. The van der Waals surface area contributed by atoms with Crippen molar-refractivity contribution in [2.24, 2.45) is 0 Å². The lowest BCUT2D eigenvalue weighted by molar-refractivity contribution is -0.384. The number of hydrogen-bond acceptors (Lipinski definition) is 5. The first-order valence-electron chi connectivity index (χ1n) is 10.3. The van der Waals surface area contributed by atoms with E-state index in [2.05, 4.69) is 10.1 Å². The van der Waals surface area contributed by atoms with Crippen molar-refractivity contribution in [2.45, 2.75) is 18.5 Å². The number of nitro groups is 1. The van der Waals surface area contributed by atoms with Gasteiger partial charge in [0, 0.05) is 22.7 Å². The van der Waals surface area contributed by atoms with Gasteiger partial charge < -0.3 is 0 Å². The summed E-state index contributed by atoms with van der Waals surface area (Å²) in [6.45, 7) is 0. The molecule has 2 heterocycles. The molecule has 1 aliphatic rings. The van der Waals surface area contributed by atoms with Crippen LogP contribution in [0.4, 0.5) is 11.6 Å². The van der Waals surface area contributed by atoms with Crippen molar-refractivity contribution < 1.29 is 9.72 Å². The fraction of sp³-hybridized carbons (Fsp3) is 0.125. The van der Waals surface area contributed by atoms with Gasteiger partial charge in [0.1, 0.15) is 6.33 Å². The number of carbonyl (C=O) groups excluding carboxylic acids is 1. The van der Waals surface area contributed by atoms with Gasteiger partial charge in [-0.3, -0.25) is 19.8 Å². The number of aromatic nitrogens is 3. The Morgan fingerprint density at radius 3 is 2.42 bits per heavy atom. The molecule has 3 aromatic carbocycles. The molecule has 9 heteroatoms. The van der Waals surface area contributed by atoms with E-state index in [1.165, 1.54) is 24.5 Å². The van der Waals surface area contributed by atoms with Gasteiger partial charge in [0.25, 0.3) is 11.6 Å². The molecular formula is C24H18ClN5O3. The normalized spacial score (nSPS) is 17.4. The molecule has 0 bridgehead atoms. The van der Waals surface area contributed by atoms with E-state index in [9.17, 15) is 14.9 Å². The number of benzene rings is 3. The van der Waals surface area contributed by atoms with Gasteiger partial charge in [0.05, 0.1) is 17.0 Å². The maximum atomic E-state index is 13.7. The lowest BCUT2D eigenvalue weighted by Crippen LogP contribution is -2.42. The van der Waals surface area contributed by atoms with Crippen LogP contribution in [0.15, 0.2) is 85.2 Å². The highest BCUT2D eigenvalue weighted by atomic mass is 35.5. The van der Waals surface area contributed by atoms with Crippen molar-refractivity contribution in [1.29, 1.82) is 0 Å². The summed E-state index contributed by atoms with van der Waals surface area (Å²) >= 11 is 6.11. The zero-order valence-electron chi connectivity index (χ0n) is 17.3. The standard InChI is InChI=1S/C24H18ClN5O3/c25-19-11-9-17(10-12-19)21-14-22(16-5-2-1-3-6-16)29-24(26-15-27-29)28(21)23(31)18-7-4-8-20(13-18)30(32)33/h1-13,15,21-22H,14H2/t21-,22-/m0/s1. The summed E-state index contributed by atoms with van der Waals surface area (Å²) in [4.78, 5) is 30.4. The maximum absolute atomic E-state index is 13.7. The number of carbonyl (C=O) groups is 1. The third-order valence-electron chi connectivity index (χ3n) is 5.78. The largest absolute Gasteiger partial charge is 0.270 e. The Balaban J connectivity index is 1.64. The smallest absolute Gasteiger partial charge is 0.269 e. The van der Waals surface area contributed by atoms with E-state index in [0.717, 1.165) is 11.1 Å². The van der Waals surface area contributed by atoms with Crippen molar-refractivity contribution in [3.63, 3.8) is 0 Å². The zero-order valence-corrected chi connectivity index (χ0v) is 18.0. The Bertz CT molecular complexity index is 1320. The summed E-state index contributed by atoms with van der Waals surface area (Å²) < 4.78 is 1.73. The van der Waals surface area contributed by atoms with Crippen molar-refractivity contribution in [1.82, 2.24) is 14.8 Å². The van der Waals surface area contributed by atoms with Crippen LogP contribution in [-0.2, 0) is 0 Å². The number of amides is 1. The number of fused-ring (bicyclic) bond motifs is 1. The number of rotatable bonds is 4. The summed E-state index contributed by atoms with van der Waals surface area (Å²) in [6, 6.07) is 22.4. The Labute approximate surface area is 194 Å². The van der Waals surface area contributed by atoms with Crippen molar-refractivity contribution >= 4 is 29.1 Å². The Kier molecular flexibility index (Phi) is 5.35. The average Bonchev–Trinajstić information content (AvgIpc) is 3.33. The van der Waals surface area contributed by atoms with E-state index in [1.807, 2.05) is 42.5 Å². The molecular weight excluding hydrogens is 442 g/mol. The number of hydrogen-bond donors (Lipinski definition) is 0. The summed E-state index contributed by atoms with van der Waals surface area (Å²) in [5.74, 6) is -0.00836. The van der Waals surface area contributed by atoms with Crippen LogP contribution < -0.4 is 4.90 Å². The first-order chi connectivity index (χ1) is 16.0. The molecule has 1 aromatic heterocycles. The second-order valence-electron chi connectivity index (χ2n) is 7.72. The fourth-order valence-corrected chi connectivity index (χ4v) is 4.36. The van der Waals surface area contributed by atoms with Crippen molar-refractivity contribution in [2.75, 3.05) is 4.90 Å². The first kappa shape index (κ1) is 20.8. The molecule has 2 atom stereocenters. The molecule has 8 nitrogen and oxygen atoms in total. The molecule has 0 saturated heterocycles. The molecule has 0 saturated carbocycles. The molecule has 1 amide bonds.